The third-order valence-corrected chi connectivity index (χ3v) is 3.31. The van der Waals surface area contributed by atoms with Gasteiger partial charge in [0.2, 0.25) is 0 Å². The summed E-state index contributed by atoms with van der Waals surface area (Å²) in [5, 5.41) is 12.4. The molecule has 3 nitrogen and oxygen atoms in total. The van der Waals surface area contributed by atoms with E-state index in [1.54, 1.807) is 0 Å². The molecule has 0 bridgehead atoms. The Morgan fingerprint density at radius 3 is 2.65 bits per heavy atom. The molecule has 0 spiro atoms. The van der Waals surface area contributed by atoms with E-state index in [0.717, 1.165) is 6.42 Å². The molecule has 0 aliphatic heterocycles. The van der Waals surface area contributed by atoms with Crippen molar-refractivity contribution in [2.24, 2.45) is 5.73 Å². The fraction of sp³-hybridized carbons (Fsp3) is 0.571. The number of benzene rings is 1. The van der Waals surface area contributed by atoms with E-state index in [9.17, 15) is 0 Å². The van der Waals surface area contributed by atoms with Crippen molar-refractivity contribution in [2.75, 3.05) is 13.2 Å². The van der Waals surface area contributed by atoms with E-state index in [0.29, 0.717) is 6.54 Å². The molecular weight excluding hydrogens is 212 g/mol. The van der Waals surface area contributed by atoms with Crippen molar-refractivity contribution in [2.45, 2.75) is 39.3 Å². The monoisotopic (exact) mass is 236 g/mol. The first-order valence-corrected chi connectivity index (χ1v) is 6.23. The van der Waals surface area contributed by atoms with Gasteiger partial charge in [-0.05, 0) is 43.9 Å². The van der Waals surface area contributed by atoms with Gasteiger partial charge in [0.05, 0.1) is 0 Å². The molecule has 0 aliphatic carbocycles. The molecule has 2 unspecified atom stereocenters. The van der Waals surface area contributed by atoms with Crippen molar-refractivity contribution >= 4 is 0 Å². The molecule has 0 fully saturated rings. The molecule has 0 aliphatic rings. The van der Waals surface area contributed by atoms with Crippen molar-refractivity contribution in [3.63, 3.8) is 0 Å². The van der Waals surface area contributed by atoms with Crippen LogP contribution >= 0.6 is 0 Å². The zero-order chi connectivity index (χ0) is 12.8. The molecule has 0 aromatic heterocycles. The van der Waals surface area contributed by atoms with Crippen LogP contribution in [0.3, 0.4) is 0 Å². The lowest BCUT2D eigenvalue weighted by Crippen LogP contribution is -2.36. The van der Waals surface area contributed by atoms with E-state index in [2.05, 4.69) is 44.3 Å². The lowest BCUT2D eigenvalue weighted by molar-refractivity contribution is 0.263. The number of rotatable bonds is 6. The summed E-state index contributed by atoms with van der Waals surface area (Å²) in [6.45, 7) is 7.09. The lowest BCUT2D eigenvalue weighted by atomic mass is 9.97. The van der Waals surface area contributed by atoms with Gasteiger partial charge in [-0.3, -0.25) is 0 Å². The van der Waals surface area contributed by atoms with Gasteiger partial charge >= 0.3 is 0 Å². The Kier molecular flexibility index (Phi) is 5.62. The highest BCUT2D eigenvalue weighted by Crippen LogP contribution is 2.20. The topological polar surface area (TPSA) is 58.3 Å². The molecule has 0 amide bonds. The average molecular weight is 236 g/mol. The molecule has 1 aromatic rings. The first kappa shape index (κ1) is 14.2. The van der Waals surface area contributed by atoms with Crippen molar-refractivity contribution in [3.05, 3.63) is 34.9 Å². The van der Waals surface area contributed by atoms with Crippen LogP contribution in [0.5, 0.6) is 0 Å². The molecule has 3 heteroatoms. The quantitative estimate of drug-likeness (QED) is 0.704. The summed E-state index contributed by atoms with van der Waals surface area (Å²) in [5.74, 6) is 0. The van der Waals surface area contributed by atoms with Gasteiger partial charge in [-0.1, -0.05) is 18.2 Å². The maximum atomic E-state index is 8.92. The summed E-state index contributed by atoms with van der Waals surface area (Å²) in [5.41, 5.74) is 9.69. The first-order chi connectivity index (χ1) is 8.10. The van der Waals surface area contributed by atoms with Gasteiger partial charge in [0, 0.05) is 25.2 Å². The Balaban J connectivity index is 2.82. The van der Waals surface area contributed by atoms with E-state index in [1.165, 1.54) is 16.7 Å². The number of hydrogen-bond donors (Lipinski definition) is 3. The van der Waals surface area contributed by atoms with Crippen LogP contribution in [-0.4, -0.2) is 24.3 Å². The molecule has 0 heterocycles. The highest BCUT2D eigenvalue weighted by atomic mass is 16.3. The largest absolute Gasteiger partial charge is 0.396 e. The van der Waals surface area contributed by atoms with E-state index in [1.807, 2.05) is 0 Å². The van der Waals surface area contributed by atoms with Gasteiger partial charge in [-0.2, -0.15) is 0 Å². The number of aryl methyl sites for hydroxylation is 1. The third kappa shape index (κ3) is 3.80. The zero-order valence-electron chi connectivity index (χ0n) is 11.0. The summed E-state index contributed by atoms with van der Waals surface area (Å²) in [4.78, 5) is 0. The van der Waals surface area contributed by atoms with Crippen LogP contribution in [0.4, 0.5) is 0 Å². The van der Waals surface area contributed by atoms with Gasteiger partial charge in [-0.25, -0.2) is 0 Å². The van der Waals surface area contributed by atoms with Crippen LogP contribution in [0, 0.1) is 13.8 Å². The summed E-state index contributed by atoms with van der Waals surface area (Å²) in [6, 6.07) is 6.74. The van der Waals surface area contributed by atoms with Crippen LogP contribution in [0.1, 0.15) is 36.1 Å². The van der Waals surface area contributed by atoms with Crippen molar-refractivity contribution in [1.82, 2.24) is 5.32 Å². The Labute approximate surface area is 104 Å². The predicted octanol–water partition coefficient (Wildman–Crippen LogP) is 1.66. The minimum absolute atomic E-state index is 0.163. The molecule has 4 N–H and O–H groups in total. The number of aliphatic hydroxyl groups excluding tert-OH is 1. The van der Waals surface area contributed by atoms with Crippen LogP contribution in [0.15, 0.2) is 18.2 Å². The normalized spacial score (nSPS) is 14.6. The Morgan fingerprint density at radius 1 is 1.35 bits per heavy atom. The SMILES string of the molecule is Cc1cccc(C(CN)NC(C)CCO)c1C. The molecule has 1 rings (SSSR count). The lowest BCUT2D eigenvalue weighted by Gasteiger charge is -2.24. The molecule has 17 heavy (non-hydrogen) atoms. The van der Waals surface area contributed by atoms with Gasteiger partial charge in [0.15, 0.2) is 0 Å². The van der Waals surface area contributed by atoms with Gasteiger partial charge < -0.3 is 16.2 Å². The Morgan fingerprint density at radius 2 is 2.06 bits per heavy atom. The van der Waals surface area contributed by atoms with Gasteiger partial charge in [-0.15, -0.1) is 0 Å². The molecule has 0 radical (unpaired) electrons. The fourth-order valence-corrected chi connectivity index (χ4v) is 2.06. The minimum Gasteiger partial charge on any atom is -0.396 e. The Hall–Kier alpha value is -0.900. The van der Waals surface area contributed by atoms with Crippen molar-refractivity contribution in [1.29, 1.82) is 0 Å². The molecule has 0 saturated carbocycles. The predicted molar refractivity (Wildman–Crippen MR) is 72.0 cm³/mol. The summed E-state index contributed by atoms with van der Waals surface area (Å²) in [7, 11) is 0. The molecule has 2 atom stereocenters. The van der Waals surface area contributed by atoms with E-state index < -0.39 is 0 Å². The van der Waals surface area contributed by atoms with E-state index in [4.69, 9.17) is 10.8 Å². The molecular formula is C14H24N2O. The van der Waals surface area contributed by atoms with Crippen molar-refractivity contribution < 1.29 is 5.11 Å². The van der Waals surface area contributed by atoms with Gasteiger partial charge in [0.1, 0.15) is 0 Å². The smallest absolute Gasteiger partial charge is 0.0449 e. The van der Waals surface area contributed by atoms with Crippen LogP contribution in [-0.2, 0) is 0 Å². The zero-order valence-corrected chi connectivity index (χ0v) is 11.0. The maximum absolute atomic E-state index is 8.92. The summed E-state index contributed by atoms with van der Waals surface area (Å²) < 4.78 is 0. The fourth-order valence-electron chi connectivity index (χ4n) is 2.06. The first-order valence-electron chi connectivity index (χ1n) is 6.23. The number of aliphatic hydroxyl groups is 1. The average Bonchev–Trinajstić information content (AvgIpc) is 2.30. The second kappa shape index (κ2) is 6.74. The summed E-state index contributed by atoms with van der Waals surface area (Å²) >= 11 is 0. The number of hydrogen-bond acceptors (Lipinski definition) is 3. The van der Waals surface area contributed by atoms with Gasteiger partial charge in [0.25, 0.3) is 0 Å². The third-order valence-electron chi connectivity index (χ3n) is 3.31. The maximum Gasteiger partial charge on any atom is 0.0449 e. The van der Waals surface area contributed by atoms with E-state index in [-0.39, 0.29) is 18.7 Å². The van der Waals surface area contributed by atoms with Crippen LogP contribution in [0.25, 0.3) is 0 Å². The number of nitrogens with two attached hydrogens (primary N) is 1. The standard InChI is InChI=1S/C14H24N2O/c1-10-5-4-6-13(12(10)3)14(9-15)16-11(2)7-8-17/h4-6,11,14,16-17H,7-9,15H2,1-3H3. The van der Waals surface area contributed by atoms with Crippen LogP contribution in [0.2, 0.25) is 0 Å². The van der Waals surface area contributed by atoms with E-state index >= 15 is 0 Å². The minimum atomic E-state index is 0.163. The Bertz CT molecular complexity index is 352. The molecule has 96 valence electrons. The van der Waals surface area contributed by atoms with Crippen LogP contribution < -0.4 is 11.1 Å². The second-order valence-corrected chi connectivity index (χ2v) is 4.66. The number of nitrogens with one attached hydrogen (secondary N) is 1. The molecule has 0 saturated heterocycles. The summed E-state index contributed by atoms with van der Waals surface area (Å²) in [6.07, 6.45) is 0.751. The second-order valence-electron chi connectivity index (χ2n) is 4.66. The molecule has 1 aromatic carbocycles. The highest BCUT2D eigenvalue weighted by Gasteiger charge is 2.14. The highest BCUT2D eigenvalue weighted by molar-refractivity contribution is 5.35. The van der Waals surface area contributed by atoms with Crippen molar-refractivity contribution in [3.8, 4) is 0 Å².